The Hall–Kier alpha value is -3.27. The third-order valence-electron chi connectivity index (χ3n) is 7.22. The zero-order chi connectivity index (χ0) is 28.6. The second-order valence-corrected chi connectivity index (χ2v) is 10.8. The highest BCUT2D eigenvalue weighted by Gasteiger charge is 2.13. The molecule has 40 heavy (non-hydrogen) atoms. The molecule has 0 saturated carbocycles. The molecular formula is C36H48O4. The van der Waals surface area contributed by atoms with Gasteiger partial charge in [-0.3, -0.25) is 0 Å². The van der Waals surface area contributed by atoms with E-state index in [1.807, 2.05) is 55.5 Å². The van der Waals surface area contributed by atoms with Crippen LogP contribution in [0, 0.1) is 6.92 Å². The summed E-state index contributed by atoms with van der Waals surface area (Å²) in [7, 11) is 0. The first-order chi connectivity index (χ1) is 19.5. The summed E-state index contributed by atoms with van der Waals surface area (Å²) < 4.78 is 17.7. The number of benzene rings is 3. The summed E-state index contributed by atoms with van der Waals surface area (Å²) in [4.78, 5) is 12.8. The highest BCUT2D eigenvalue weighted by atomic mass is 16.5. The molecule has 0 bridgehead atoms. The molecule has 0 amide bonds. The number of rotatable bonds is 18. The fourth-order valence-electron chi connectivity index (χ4n) is 4.74. The molecule has 216 valence electrons. The van der Waals surface area contributed by atoms with Gasteiger partial charge < -0.3 is 14.2 Å². The highest BCUT2D eigenvalue weighted by Crippen LogP contribution is 2.26. The molecule has 0 aliphatic heterocycles. The van der Waals surface area contributed by atoms with Crippen molar-refractivity contribution < 1.29 is 19.0 Å². The van der Waals surface area contributed by atoms with Gasteiger partial charge in [0, 0.05) is 0 Å². The Morgan fingerprint density at radius 2 is 1.27 bits per heavy atom. The lowest BCUT2D eigenvalue weighted by Crippen LogP contribution is -2.13. The van der Waals surface area contributed by atoms with Gasteiger partial charge in [0.1, 0.15) is 17.2 Å². The molecule has 1 atom stereocenters. The first kappa shape index (κ1) is 31.3. The van der Waals surface area contributed by atoms with Crippen LogP contribution in [0.25, 0.3) is 11.1 Å². The maximum atomic E-state index is 12.8. The van der Waals surface area contributed by atoms with Crippen LogP contribution in [0.1, 0.15) is 107 Å². The van der Waals surface area contributed by atoms with Crippen LogP contribution >= 0.6 is 0 Å². The number of hydrogen-bond acceptors (Lipinski definition) is 4. The van der Waals surface area contributed by atoms with E-state index in [1.165, 1.54) is 57.8 Å². The quantitative estimate of drug-likeness (QED) is 0.0907. The SMILES string of the molecule is CCCCCCCCOc1ccc(-c2ccc(OC(=O)c3ccc(OC(C)CCCCCC)c(C)c3)cc2)cc1. The molecule has 0 aliphatic carbocycles. The van der Waals surface area contributed by atoms with Crippen molar-refractivity contribution in [3.05, 3.63) is 77.9 Å². The summed E-state index contributed by atoms with van der Waals surface area (Å²) in [5.74, 6) is 1.87. The standard InChI is InChI=1S/C36H48O4/c1-5-7-9-11-12-14-26-38-33-21-16-30(17-22-33)31-18-23-34(24-19-31)40-36(37)32-20-25-35(28(3)27-32)39-29(4)15-13-10-8-6-2/h16-25,27,29H,5-15,26H2,1-4H3. The maximum Gasteiger partial charge on any atom is 0.343 e. The minimum atomic E-state index is -0.373. The van der Waals surface area contributed by atoms with E-state index in [0.29, 0.717) is 11.3 Å². The number of carbonyl (C=O) groups is 1. The minimum Gasteiger partial charge on any atom is -0.494 e. The van der Waals surface area contributed by atoms with Crippen molar-refractivity contribution in [3.63, 3.8) is 0 Å². The van der Waals surface area contributed by atoms with Crippen molar-refractivity contribution in [1.29, 1.82) is 0 Å². The average molecular weight is 545 g/mol. The molecule has 0 radical (unpaired) electrons. The van der Waals surface area contributed by atoms with E-state index in [0.717, 1.165) is 47.6 Å². The Kier molecular flexibility index (Phi) is 13.6. The summed E-state index contributed by atoms with van der Waals surface area (Å²) in [5, 5.41) is 0. The van der Waals surface area contributed by atoms with Crippen LogP contribution < -0.4 is 14.2 Å². The summed E-state index contributed by atoms with van der Waals surface area (Å²) >= 11 is 0. The highest BCUT2D eigenvalue weighted by molar-refractivity contribution is 5.91. The van der Waals surface area contributed by atoms with Crippen molar-refractivity contribution >= 4 is 5.97 Å². The minimum absolute atomic E-state index is 0.153. The van der Waals surface area contributed by atoms with E-state index in [-0.39, 0.29) is 12.1 Å². The monoisotopic (exact) mass is 544 g/mol. The first-order valence-electron chi connectivity index (χ1n) is 15.3. The summed E-state index contributed by atoms with van der Waals surface area (Å²) in [6.45, 7) is 9.30. The summed E-state index contributed by atoms with van der Waals surface area (Å²) in [5.41, 5.74) is 3.60. The topological polar surface area (TPSA) is 44.8 Å². The predicted octanol–water partition coefficient (Wildman–Crippen LogP) is 10.4. The zero-order valence-corrected chi connectivity index (χ0v) is 25.0. The Balaban J connectivity index is 1.47. The van der Waals surface area contributed by atoms with Crippen LogP contribution in [0.2, 0.25) is 0 Å². The lowest BCUT2D eigenvalue weighted by Gasteiger charge is -2.17. The van der Waals surface area contributed by atoms with Gasteiger partial charge in [0.2, 0.25) is 0 Å². The predicted molar refractivity (Wildman–Crippen MR) is 166 cm³/mol. The van der Waals surface area contributed by atoms with E-state index < -0.39 is 0 Å². The molecule has 4 heteroatoms. The molecule has 1 unspecified atom stereocenters. The lowest BCUT2D eigenvalue weighted by atomic mass is 10.1. The van der Waals surface area contributed by atoms with Crippen LogP contribution in [0.3, 0.4) is 0 Å². The van der Waals surface area contributed by atoms with Crippen LogP contribution in [0.5, 0.6) is 17.2 Å². The molecule has 0 N–H and O–H groups in total. The van der Waals surface area contributed by atoms with Crippen LogP contribution in [0.4, 0.5) is 0 Å². The molecule has 0 heterocycles. The number of esters is 1. The fraction of sp³-hybridized carbons (Fsp3) is 0.472. The molecule has 0 aliphatic rings. The molecule has 0 aromatic heterocycles. The van der Waals surface area contributed by atoms with Gasteiger partial charge in [0.25, 0.3) is 0 Å². The fourth-order valence-corrected chi connectivity index (χ4v) is 4.74. The number of carbonyl (C=O) groups excluding carboxylic acids is 1. The lowest BCUT2D eigenvalue weighted by molar-refractivity contribution is 0.0734. The molecule has 3 aromatic rings. The van der Waals surface area contributed by atoms with Crippen molar-refractivity contribution in [1.82, 2.24) is 0 Å². The van der Waals surface area contributed by atoms with E-state index in [1.54, 1.807) is 6.07 Å². The second-order valence-electron chi connectivity index (χ2n) is 10.8. The van der Waals surface area contributed by atoms with Gasteiger partial charge in [-0.15, -0.1) is 0 Å². The van der Waals surface area contributed by atoms with Gasteiger partial charge in [-0.2, -0.15) is 0 Å². The van der Waals surface area contributed by atoms with Gasteiger partial charge in [-0.25, -0.2) is 4.79 Å². The van der Waals surface area contributed by atoms with Crippen molar-refractivity contribution in [3.8, 4) is 28.4 Å². The molecule has 0 fully saturated rings. The maximum absolute atomic E-state index is 12.8. The van der Waals surface area contributed by atoms with Gasteiger partial charge in [-0.1, -0.05) is 89.5 Å². The van der Waals surface area contributed by atoms with Crippen molar-refractivity contribution in [2.45, 2.75) is 104 Å². The molecule has 0 spiro atoms. The van der Waals surface area contributed by atoms with Crippen molar-refractivity contribution in [2.75, 3.05) is 6.61 Å². The van der Waals surface area contributed by atoms with E-state index in [2.05, 4.69) is 32.9 Å². The second kappa shape index (κ2) is 17.4. The Labute approximate surface area is 242 Å². The first-order valence-corrected chi connectivity index (χ1v) is 15.3. The van der Waals surface area contributed by atoms with Gasteiger partial charge in [0.15, 0.2) is 0 Å². The number of ether oxygens (including phenoxy) is 3. The van der Waals surface area contributed by atoms with Gasteiger partial charge >= 0.3 is 5.97 Å². The zero-order valence-electron chi connectivity index (χ0n) is 25.0. The molecule has 4 nitrogen and oxygen atoms in total. The van der Waals surface area contributed by atoms with E-state index in [9.17, 15) is 4.79 Å². The smallest absolute Gasteiger partial charge is 0.343 e. The van der Waals surface area contributed by atoms with Crippen LogP contribution in [-0.4, -0.2) is 18.7 Å². The number of unbranched alkanes of at least 4 members (excludes halogenated alkanes) is 8. The van der Waals surface area contributed by atoms with Gasteiger partial charge in [0.05, 0.1) is 18.3 Å². The normalized spacial score (nSPS) is 11.7. The van der Waals surface area contributed by atoms with Crippen molar-refractivity contribution in [2.24, 2.45) is 0 Å². The summed E-state index contributed by atoms with van der Waals surface area (Å²) in [6.07, 6.45) is 13.7. The third-order valence-corrected chi connectivity index (χ3v) is 7.22. The Morgan fingerprint density at radius 1 is 0.700 bits per heavy atom. The number of aryl methyl sites for hydroxylation is 1. The summed E-state index contributed by atoms with van der Waals surface area (Å²) in [6, 6.07) is 21.3. The number of hydrogen-bond donors (Lipinski definition) is 0. The van der Waals surface area contributed by atoms with Gasteiger partial charge in [-0.05, 0) is 92.3 Å². The van der Waals surface area contributed by atoms with Crippen LogP contribution in [-0.2, 0) is 0 Å². The molecule has 3 aromatic carbocycles. The molecular weight excluding hydrogens is 496 g/mol. The van der Waals surface area contributed by atoms with E-state index in [4.69, 9.17) is 14.2 Å². The van der Waals surface area contributed by atoms with Crippen LogP contribution in [0.15, 0.2) is 66.7 Å². The Morgan fingerprint density at radius 3 is 1.90 bits per heavy atom. The molecule has 3 rings (SSSR count). The third kappa shape index (κ3) is 10.7. The largest absolute Gasteiger partial charge is 0.494 e. The molecule has 0 saturated heterocycles. The van der Waals surface area contributed by atoms with E-state index >= 15 is 0 Å². The average Bonchev–Trinajstić information content (AvgIpc) is 2.96. The Bertz CT molecular complexity index is 1130.